The zero-order chi connectivity index (χ0) is 11.8. The van der Waals surface area contributed by atoms with Gasteiger partial charge in [-0.2, -0.15) is 10.2 Å². The number of H-pyrrole nitrogens is 1. The standard InChI is InChI=1S/C12H10N4O/c1-8-4-2-3-5-9(8)10-6-11-12(17)14-13-7-16(11)15-10/h2-7H,1H3,(H,14,17). The van der Waals surface area contributed by atoms with Gasteiger partial charge in [-0.05, 0) is 18.6 Å². The Labute approximate surface area is 96.7 Å². The van der Waals surface area contributed by atoms with E-state index in [-0.39, 0.29) is 5.56 Å². The molecule has 0 spiro atoms. The summed E-state index contributed by atoms with van der Waals surface area (Å²) in [7, 11) is 0. The fourth-order valence-corrected chi connectivity index (χ4v) is 1.84. The van der Waals surface area contributed by atoms with Crippen molar-refractivity contribution in [1.29, 1.82) is 0 Å². The van der Waals surface area contributed by atoms with Gasteiger partial charge < -0.3 is 0 Å². The third-order valence-corrected chi connectivity index (χ3v) is 2.72. The molecule has 0 fully saturated rings. The molecule has 0 aliphatic heterocycles. The van der Waals surface area contributed by atoms with Gasteiger partial charge in [0.25, 0.3) is 5.56 Å². The van der Waals surface area contributed by atoms with Crippen molar-refractivity contribution in [3.8, 4) is 11.3 Å². The molecule has 5 nitrogen and oxygen atoms in total. The Hall–Kier alpha value is -2.43. The van der Waals surface area contributed by atoms with E-state index in [4.69, 9.17) is 0 Å². The molecule has 0 radical (unpaired) electrons. The maximum atomic E-state index is 11.5. The zero-order valence-electron chi connectivity index (χ0n) is 9.21. The molecule has 0 amide bonds. The van der Waals surface area contributed by atoms with Gasteiger partial charge >= 0.3 is 0 Å². The molecule has 2 aromatic heterocycles. The Kier molecular flexibility index (Phi) is 2.04. The Morgan fingerprint density at radius 2 is 2.12 bits per heavy atom. The van der Waals surface area contributed by atoms with Crippen LogP contribution < -0.4 is 5.56 Å². The molecule has 0 bridgehead atoms. The molecule has 5 heteroatoms. The second kappa shape index (κ2) is 3.55. The van der Waals surface area contributed by atoms with Crippen molar-refractivity contribution < 1.29 is 0 Å². The highest BCUT2D eigenvalue weighted by Gasteiger charge is 2.08. The summed E-state index contributed by atoms with van der Waals surface area (Å²) in [5, 5.41) is 10.4. The first-order valence-corrected chi connectivity index (χ1v) is 5.25. The average Bonchev–Trinajstić information content (AvgIpc) is 2.75. The van der Waals surface area contributed by atoms with Crippen LogP contribution in [0.15, 0.2) is 41.5 Å². The van der Waals surface area contributed by atoms with E-state index in [1.807, 2.05) is 31.2 Å². The summed E-state index contributed by atoms with van der Waals surface area (Å²) >= 11 is 0. The Balaban J connectivity index is 2.30. The van der Waals surface area contributed by atoms with E-state index in [9.17, 15) is 4.79 Å². The monoisotopic (exact) mass is 226 g/mol. The van der Waals surface area contributed by atoms with Gasteiger partial charge in [0.15, 0.2) is 0 Å². The molecule has 0 atom stereocenters. The highest BCUT2D eigenvalue weighted by Crippen LogP contribution is 2.21. The number of aryl methyl sites for hydroxylation is 1. The minimum atomic E-state index is -0.236. The van der Waals surface area contributed by atoms with Crippen molar-refractivity contribution in [3.05, 3.63) is 52.6 Å². The Morgan fingerprint density at radius 1 is 1.29 bits per heavy atom. The smallest absolute Gasteiger partial charge is 0.266 e. The molecule has 1 N–H and O–H groups in total. The molecule has 84 valence electrons. The average molecular weight is 226 g/mol. The summed E-state index contributed by atoms with van der Waals surface area (Å²) in [6.07, 6.45) is 1.48. The van der Waals surface area contributed by atoms with Gasteiger partial charge in [-0.25, -0.2) is 9.61 Å². The molecule has 2 heterocycles. The van der Waals surface area contributed by atoms with E-state index in [0.29, 0.717) is 5.52 Å². The second-order valence-electron chi connectivity index (χ2n) is 3.86. The molecule has 0 saturated heterocycles. The predicted octanol–water partition coefficient (Wildman–Crippen LogP) is 1.39. The summed E-state index contributed by atoms with van der Waals surface area (Å²) in [6.45, 7) is 2.02. The van der Waals surface area contributed by atoms with Crippen LogP contribution in [-0.4, -0.2) is 19.8 Å². The minimum absolute atomic E-state index is 0.236. The summed E-state index contributed by atoms with van der Waals surface area (Å²) in [5.74, 6) is 0. The molecule has 0 aliphatic carbocycles. The molecule has 0 aliphatic rings. The maximum absolute atomic E-state index is 11.5. The number of fused-ring (bicyclic) bond motifs is 1. The predicted molar refractivity (Wildman–Crippen MR) is 63.8 cm³/mol. The van der Waals surface area contributed by atoms with Crippen molar-refractivity contribution in [2.75, 3.05) is 0 Å². The molecule has 0 saturated carbocycles. The van der Waals surface area contributed by atoms with E-state index in [0.717, 1.165) is 16.8 Å². The Bertz CT molecular complexity index is 741. The van der Waals surface area contributed by atoms with E-state index >= 15 is 0 Å². The van der Waals surface area contributed by atoms with E-state index in [1.165, 1.54) is 10.8 Å². The molecular formula is C12H10N4O. The lowest BCUT2D eigenvalue weighted by Crippen LogP contribution is -2.10. The van der Waals surface area contributed by atoms with Crippen molar-refractivity contribution in [1.82, 2.24) is 19.8 Å². The van der Waals surface area contributed by atoms with Crippen molar-refractivity contribution in [2.24, 2.45) is 0 Å². The second-order valence-corrected chi connectivity index (χ2v) is 3.86. The summed E-state index contributed by atoms with van der Waals surface area (Å²) in [4.78, 5) is 11.5. The van der Waals surface area contributed by atoms with Crippen LogP contribution in [-0.2, 0) is 0 Å². The first kappa shape index (κ1) is 9.77. The SMILES string of the molecule is Cc1ccccc1-c1cc2c(=O)[nH]ncn2n1. The van der Waals surface area contributed by atoms with Crippen LogP contribution in [0.25, 0.3) is 16.8 Å². The van der Waals surface area contributed by atoms with Gasteiger partial charge in [0, 0.05) is 5.56 Å². The number of aromatic nitrogens is 4. The minimum Gasteiger partial charge on any atom is -0.266 e. The van der Waals surface area contributed by atoms with Gasteiger partial charge in [-0.3, -0.25) is 4.79 Å². The van der Waals surface area contributed by atoms with Crippen molar-refractivity contribution in [2.45, 2.75) is 6.92 Å². The number of hydrogen-bond acceptors (Lipinski definition) is 3. The fraction of sp³-hybridized carbons (Fsp3) is 0.0833. The number of aromatic amines is 1. The zero-order valence-corrected chi connectivity index (χ0v) is 9.21. The highest BCUT2D eigenvalue weighted by molar-refractivity contribution is 5.68. The van der Waals surface area contributed by atoms with E-state index in [1.54, 1.807) is 6.07 Å². The number of benzene rings is 1. The van der Waals surface area contributed by atoms with Crippen LogP contribution in [0.4, 0.5) is 0 Å². The van der Waals surface area contributed by atoms with Crippen LogP contribution in [0, 0.1) is 6.92 Å². The van der Waals surface area contributed by atoms with Gasteiger partial charge in [-0.1, -0.05) is 24.3 Å². The third-order valence-electron chi connectivity index (χ3n) is 2.72. The largest absolute Gasteiger partial charge is 0.290 e. The van der Waals surface area contributed by atoms with Gasteiger partial charge in [0.1, 0.15) is 11.8 Å². The summed E-state index contributed by atoms with van der Waals surface area (Å²) in [5.41, 5.74) is 3.19. The fourth-order valence-electron chi connectivity index (χ4n) is 1.84. The lowest BCUT2D eigenvalue weighted by atomic mass is 10.1. The summed E-state index contributed by atoms with van der Waals surface area (Å²) < 4.78 is 1.49. The number of nitrogens with zero attached hydrogens (tertiary/aromatic N) is 3. The maximum Gasteiger partial charge on any atom is 0.290 e. The number of hydrogen-bond donors (Lipinski definition) is 1. The quantitative estimate of drug-likeness (QED) is 0.682. The molecule has 0 unspecified atom stereocenters. The van der Waals surface area contributed by atoms with Crippen molar-refractivity contribution >= 4 is 5.52 Å². The van der Waals surface area contributed by atoms with Crippen LogP contribution in [0.5, 0.6) is 0 Å². The van der Waals surface area contributed by atoms with Gasteiger partial charge in [0.05, 0.1) is 5.69 Å². The highest BCUT2D eigenvalue weighted by atomic mass is 16.1. The van der Waals surface area contributed by atoms with Gasteiger partial charge in [0.2, 0.25) is 0 Å². The topological polar surface area (TPSA) is 63.0 Å². The summed E-state index contributed by atoms with van der Waals surface area (Å²) in [6, 6.07) is 9.70. The molecular weight excluding hydrogens is 216 g/mol. The normalized spacial score (nSPS) is 10.9. The van der Waals surface area contributed by atoms with E-state index < -0.39 is 0 Å². The molecule has 17 heavy (non-hydrogen) atoms. The molecule has 3 aromatic rings. The lowest BCUT2D eigenvalue weighted by molar-refractivity contribution is 0.848. The van der Waals surface area contributed by atoms with Crippen molar-refractivity contribution in [3.63, 3.8) is 0 Å². The lowest BCUT2D eigenvalue weighted by Gasteiger charge is -1.99. The first-order valence-electron chi connectivity index (χ1n) is 5.25. The molecule has 1 aromatic carbocycles. The van der Waals surface area contributed by atoms with E-state index in [2.05, 4.69) is 15.3 Å². The van der Waals surface area contributed by atoms with Gasteiger partial charge in [-0.15, -0.1) is 0 Å². The van der Waals surface area contributed by atoms with Crippen LogP contribution in [0.2, 0.25) is 0 Å². The molecule has 3 rings (SSSR count). The van der Waals surface area contributed by atoms with Crippen LogP contribution in [0.1, 0.15) is 5.56 Å². The third kappa shape index (κ3) is 1.52. The van der Waals surface area contributed by atoms with Crippen LogP contribution in [0.3, 0.4) is 0 Å². The van der Waals surface area contributed by atoms with Crippen LogP contribution >= 0.6 is 0 Å². The number of rotatable bonds is 1. The Morgan fingerprint density at radius 3 is 2.88 bits per heavy atom. The first-order chi connectivity index (χ1) is 8.25. The number of nitrogens with one attached hydrogen (secondary N) is 1.